The minimum atomic E-state index is -0.497. The van der Waals surface area contributed by atoms with Gasteiger partial charge >= 0.3 is 0 Å². The van der Waals surface area contributed by atoms with Crippen molar-refractivity contribution in [1.82, 2.24) is 0 Å². The van der Waals surface area contributed by atoms with Crippen molar-refractivity contribution in [3.8, 4) is 0 Å². The number of rotatable bonds is 10. The van der Waals surface area contributed by atoms with E-state index in [1.54, 1.807) is 0 Å². The van der Waals surface area contributed by atoms with E-state index in [9.17, 15) is 4.79 Å². The molecule has 2 aromatic rings. The van der Waals surface area contributed by atoms with Gasteiger partial charge in [-0.05, 0) is 47.9 Å². The Balaban J connectivity index is 2.24. The van der Waals surface area contributed by atoms with Gasteiger partial charge in [-0.25, -0.2) is 0 Å². The van der Waals surface area contributed by atoms with Crippen molar-refractivity contribution in [2.75, 3.05) is 0 Å². The zero-order valence-electron chi connectivity index (χ0n) is 19.1. The van der Waals surface area contributed by atoms with Crippen LogP contribution < -0.4 is 0 Å². The third-order valence-corrected chi connectivity index (χ3v) is 6.04. The van der Waals surface area contributed by atoms with Crippen molar-refractivity contribution in [3.63, 3.8) is 0 Å². The van der Waals surface area contributed by atoms with Crippen molar-refractivity contribution in [2.24, 2.45) is 10.8 Å². The first-order valence-corrected chi connectivity index (χ1v) is 10.8. The molecule has 2 aromatic heterocycles. The van der Waals surface area contributed by atoms with E-state index in [1.165, 1.54) is 22.3 Å². The summed E-state index contributed by atoms with van der Waals surface area (Å²) in [5.41, 5.74) is 4.07. The van der Waals surface area contributed by atoms with E-state index >= 15 is 0 Å². The number of ketones is 1. The van der Waals surface area contributed by atoms with E-state index in [4.69, 9.17) is 8.83 Å². The fourth-order valence-electron chi connectivity index (χ4n) is 4.55. The number of hydrogen-bond acceptors (Lipinski definition) is 3. The summed E-state index contributed by atoms with van der Waals surface area (Å²) < 4.78 is 11.8. The number of carbonyl (C=O) groups is 1. The molecule has 0 aliphatic carbocycles. The Hall–Kier alpha value is -1.77. The standard InChI is InChI=1S/C25H38O3/c1-9-17-15-27-21(19(17)11-3)13-24(5,6)23(26)25(7,8)14-22-20(12-4)18(10-2)16-28-22/h15-16H,9-14H2,1-8H3. The fraction of sp³-hybridized carbons (Fsp3) is 0.640. The maximum atomic E-state index is 13.6. The summed E-state index contributed by atoms with van der Waals surface area (Å²) in [7, 11) is 0. The summed E-state index contributed by atoms with van der Waals surface area (Å²) in [6.45, 7) is 16.8. The number of Topliss-reactive ketones (excluding diaryl/α,β-unsaturated/α-hetero) is 1. The predicted molar refractivity (Wildman–Crippen MR) is 115 cm³/mol. The SMILES string of the molecule is CCc1coc(CC(C)(C)C(=O)C(C)(C)Cc2occ(CC)c2CC)c1CC. The molecule has 0 N–H and O–H groups in total. The molecule has 0 atom stereocenters. The third kappa shape index (κ3) is 4.45. The maximum absolute atomic E-state index is 13.6. The van der Waals surface area contributed by atoms with Gasteiger partial charge in [0, 0.05) is 23.7 Å². The molecule has 0 amide bonds. The van der Waals surface area contributed by atoms with Crippen LogP contribution in [0.5, 0.6) is 0 Å². The number of aryl methyl sites for hydroxylation is 2. The predicted octanol–water partition coefficient (Wildman–Crippen LogP) is 6.53. The second-order valence-electron chi connectivity index (χ2n) is 9.19. The van der Waals surface area contributed by atoms with Gasteiger partial charge in [0.05, 0.1) is 12.5 Å². The molecule has 156 valence electrons. The van der Waals surface area contributed by atoms with Crippen LogP contribution in [-0.4, -0.2) is 5.78 Å². The summed E-state index contributed by atoms with van der Waals surface area (Å²) in [5, 5.41) is 0. The molecule has 3 heteroatoms. The summed E-state index contributed by atoms with van der Waals surface area (Å²) in [6.07, 6.45) is 8.80. The van der Waals surface area contributed by atoms with Crippen LogP contribution >= 0.6 is 0 Å². The fourth-order valence-corrected chi connectivity index (χ4v) is 4.55. The van der Waals surface area contributed by atoms with Crippen LogP contribution in [0, 0.1) is 10.8 Å². The molecule has 0 saturated carbocycles. The minimum Gasteiger partial charge on any atom is -0.469 e. The Morgan fingerprint density at radius 2 is 1.07 bits per heavy atom. The Labute approximate surface area is 170 Å². The molecule has 0 aliphatic heterocycles. The van der Waals surface area contributed by atoms with E-state index < -0.39 is 10.8 Å². The molecule has 0 bridgehead atoms. The molecule has 0 aromatic carbocycles. The van der Waals surface area contributed by atoms with Gasteiger partial charge in [0.2, 0.25) is 0 Å². The van der Waals surface area contributed by atoms with Crippen LogP contribution in [0.25, 0.3) is 0 Å². The van der Waals surface area contributed by atoms with Crippen molar-refractivity contribution in [2.45, 2.75) is 93.9 Å². The van der Waals surface area contributed by atoms with Crippen molar-refractivity contribution < 1.29 is 13.6 Å². The zero-order chi connectivity index (χ0) is 21.1. The van der Waals surface area contributed by atoms with Crippen LogP contribution in [0.2, 0.25) is 0 Å². The number of hydrogen-bond donors (Lipinski definition) is 0. The van der Waals surface area contributed by atoms with Gasteiger partial charge in [0.1, 0.15) is 17.3 Å². The number of furan rings is 2. The summed E-state index contributed by atoms with van der Waals surface area (Å²) >= 11 is 0. The van der Waals surface area contributed by atoms with Gasteiger partial charge in [0.25, 0.3) is 0 Å². The average Bonchev–Trinajstić information content (AvgIpc) is 3.22. The molecule has 28 heavy (non-hydrogen) atoms. The smallest absolute Gasteiger partial charge is 0.144 e. The topological polar surface area (TPSA) is 43.4 Å². The monoisotopic (exact) mass is 386 g/mol. The Kier molecular flexibility index (Phi) is 7.01. The van der Waals surface area contributed by atoms with E-state index in [0.717, 1.165) is 37.2 Å². The molecule has 0 spiro atoms. The van der Waals surface area contributed by atoms with Crippen LogP contribution in [0.3, 0.4) is 0 Å². The summed E-state index contributed by atoms with van der Waals surface area (Å²) in [6, 6.07) is 0. The van der Waals surface area contributed by atoms with Crippen LogP contribution in [0.1, 0.15) is 89.2 Å². The Morgan fingerprint density at radius 3 is 1.36 bits per heavy atom. The molecule has 0 saturated heterocycles. The van der Waals surface area contributed by atoms with Crippen LogP contribution in [0.4, 0.5) is 0 Å². The third-order valence-electron chi connectivity index (χ3n) is 6.04. The Morgan fingerprint density at radius 1 is 0.714 bits per heavy atom. The normalized spacial score (nSPS) is 12.6. The van der Waals surface area contributed by atoms with Crippen molar-refractivity contribution in [1.29, 1.82) is 0 Å². The van der Waals surface area contributed by atoms with Crippen molar-refractivity contribution >= 4 is 5.78 Å². The highest BCUT2D eigenvalue weighted by Crippen LogP contribution is 2.37. The van der Waals surface area contributed by atoms with Gasteiger partial charge in [-0.3, -0.25) is 4.79 Å². The zero-order valence-corrected chi connectivity index (χ0v) is 19.1. The maximum Gasteiger partial charge on any atom is 0.144 e. The average molecular weight is 387 g/mol. The van der Waals surface area contributed by atoms with Gasteiger partial charge in [0.15, 0.2) is 0 Å². The van der Waals surface area contributed by atoms with E-state index in [2.05, 4.69) is 27.7 Å². The molecular formula is C25H38O3. The highest BCUT2D eigenvalue weighted by Gasteiger charge is 2.41. The van der Waals surface area contributed by atoms with E-state index in [0.29, 0.717) is 12.8 Å². The molecule has 2 rings (SSSR count). The van der Waals surface area contributed by atoms with Crippen LogP contribution in [-0.2, 0) is 43.3 Å². The second kappa shape index (κ2) is 8.71. The lowest BCUT2D eigenvalue weighted by molar-refractivity contribution is -0.136. The highest BCUT2D eigenvalue weighted by molar-refractivity contribution is 5.89. The lowest BCUT2D eigenvalue weighted by atomic mass is 9.69. The largest absolute Gasteiger partial charge is 0.469 e. The first-order valence-electron chi connectivity index (χ1n) is 10.8. The lowest BCUT2D eigenvalue weighted by Crippen LogP contribution is -2.39. The molecule has 0 radical (unpaired) electrons. The molecule has 0 aliphatic rings. The molecular weight excluding hydrogens is 348 g/mol. The highest BCUT2D eigenvalue weighted by atomic mass is 16.3. The minimum absolute atomic E-state index is 0.257. The van der Waals surface area contributed by atoms with Gasteiger partial charge < -0.3 is 8.83 Å². The van der Waals surface area contributed by atoms with Gasteiger partial charge in [-0.1, -0.05) is 55.4 Å². The Bertz CT molecular complexity index is 736. The number of carbonyl (C=O) groups excluding carboxylic acids is 1. The first kappa shape index (κ1) is 22.5. The molecule has 3 nitrogen and oxygen atoms in total. The van der Waals surface area contributed by atoms with Crippen molar-refractivity contribution in [3.05, 3.63) is 46.3 Å². The van der Waals surface area contributed by atoms with E-state index in [1.807, 2.05) is 40.2 Å². The molecule has 2 heterocycles. The van der Waals surface area contributed by atoms with Gasteiger partial charge in [-0.15, -0.1) is 0 Å². The summed E-state index contributed by atoms with van der Waals surface area (Å²) in [4.78, 5) is 13.6. The quantitative estimate of drug-likeness (QED) is 0.466. The molecule has 0 unspecified atom stereocenters. The van der Waals surface area contributed by atoms with E-state index in [-0.39, 0.29) is 5.78 Å². The second-order valence-corrected chi connectivity index (χ2v) is 9.19. The first-order chi connectivity index (χ1) is 13.1. The summed E-state index contributed by atoms with van der Waals surface area (Å²) in [5.74, 6) is 2.19. The van der Waals surface area contributed by atoms with Gasteiger partial charge in [-0.2, -0.15) is 0 Å². The molecule has 0 fully saturated rings. The lowest BCUT2D eigenvalue weighted by Gasteiger charge is -2.33. The van der Waals surface area contributed by atoms with Crippen LogP contribution in [0.15, 0.2) is 21.4 Å².